The van der Waals surface area contributed by atoms with E-state index in [9.17, 15) is 14.4 Å². The molecule has 0 aliphatic carbocycles. The van der Waals surface area contributed by atoms with Gasteiger partial charge >= 0.3 is 5.97 Å². The SMILES string of the molecule is CNC(=O)CNC(=O)COC(=O)c1cc(Cl)nc2ccccc12. The summed E-state index contributed by atoms with van der Waals surface area (Å²) in [7, 11) is 1.45. The Morgan fingerprint density at radius 2 is 1.96 bits per heavy atom. The van der Waals surface area contributed by atoms with Gasteiger partial charge in [-0.05, 0) is 12.1 Å². The smallest absolute Gasteiger partial charge is 0.339 e. The number of amides is 2. The molecule has 0 aliphatic heterocycles. The minimum absolute atomic E-state index is 0.153. The maximum Gasteiger partial charge on any atom is 0.339 e. The summed E-state index contributed by atoms with van der Waals surface area (Å²) >= 11 is 5.89. The first-order valence-electron chi connectivity index (χ1n) is 6.71. The van der Waals surface area contributed by atoms with Crippen molar-refractivity contribution in [3.05, 3.63) is 41.0 Å². The predicted molar refractivity (Wildman–Crippen MR) is 84.1 cm³/mol. The van der Waals surface area contributed by atoms with E-state index in [4.69, 9.17) is 16.3 Å². The number of fused-ring (bicyclic) bond motifs is 1. The highest BCUT2D eigenvalue weighted by atomic mass is 35.5. The van der Waals surface area contributed by atoms with Crippen molar-refractivity contribution in [3.8, 4) is 0 Å². The van der Waals surface area contributed by atoms with Gasteiger partial charge in [-0.1, -0.05) is 29.8 Å². The molecule has 120 valence electrons. The Morgan fingerprint density at radius 1 is 1.22 bits per heavy atom. The van der Waals surface area contributed by atoms with Gasteiger partial charge in [0.25, 0.3) is 5.91 Å². The van der Waals surface area contributed by atoms with Gasteiger partial charge in [0.15, 0.2) is 6.61 Å². The fourth-order valence-corrected chi connectivity index (χ4v) is 2.04. The Morgan fingerprint density at radius 3 is 2.70 bits per heavy atom. The van der Waals surface area contributed by atoms with E-state index in [-0.39, 0.29) is 23.2 Å². The minimum atomic E-state index is -0.694. The molecule has 0 fully saturated rings. The number of hydrogen-bond acceptors (Lipinski definition) is 5. The van der Waals surface area contributed by atoms with Gasteiger partial charge in [-0.25, -0.2) is 9.78 Å². The second-order valence-corrected chi connectivity index (χ2v) is 4.92. The molecule has 2 rings (SSSR count). The van der Waals surface area contributed by atoms with E-state index in [1.54, 1.807) is 24.3 Å². The highest BCUT2D eigenvalue weighted by Gasteiger charge is 2.15. The molecule has 2 amide bonds. The summed E-state index contributed by atoms with van der Waals surface area (Å²) in [4.78, 5) is 38.8. The number of carbonyl (C=O) groups excluding carboxylic acids is 3. The quantitative estimate of drug-likeness (QED) is 0.625. The van der Waals surface area contributed by atoms with Crippen LogP contribution in [-0.2, 0) is 14.3 Å². The van der Waals surface area contributed by atoms with Gasteiger partial charge in [-0.2, -0.15) is 0 Å². The van der Waals surface area contributed by atoms with Crippen LogP contribution in [0, 0.1) is 0 Å². The molecule has 0 unspecified atom stereocenters. The van der Waals surface area contributed by atoms with Crippen molar-refractivity contribution < 1.29 is 19.1 Å². The number of para-hydroxylation sites is 1. The zero-order valence-electron chi connectivity index (χ0n) is 12.3. The van der Waals surface area contributed by atoms with Crippen molar-refractivity contribution >= 4 is 40.3 Å². The number of halogens is 1. The Labute approximate surface area is 137 Å². The molecule has 0 aliphatic rings. The number of nitrogens with zero attached hydrogens (tertiary/aromatic N) is 1. The highest BCUT2D eigenvalue weighted by molar-refractivity contribution is 6.30. The molecule has 7 nitrogen and oxygen atoms in total. The molecule has 2 N–H and O–H groups in total. The third kappa shape index (κ3) is 4.40. The Balaban J connectivity index is 2.04. The van der Waals surface area contributed by atoms with E-state index in [0.29, 0.717) is 10.9 Å². The predicted octanol–water partition coefficient (Wildman–Crippen LogP) is 0.907. The molecule has 0 atom stereocenters. The normalized spacial score (nSPS) is 10.2. The third-order valence-corrected chi connectivity index (χ3v) is 3.16. The molecular formula is C15H14ClN3O4. The summed E-state index contributed by atoms with van der Waals surface area (Å²) in [5.41, 5.74) is 0.774. The zero-order chi connectivity index (χ0) is 16.8. The van der Waals surface area contributed by atoms with Crippen molar-refractivity contribution in [3.63, 3.8) is 0 Å². The van der Waals surface area contributed by atoms with Crippen LogP contribution >= 0.6 is 11.6 Å². The second-order valence-electron chi connectivity index (χ2n) is 4.54. The van der Waals surface area contributed by atoms with Crippen molar-refractivity contribution in [2.24, 2.45) is 0 Å². The Hall–Kier alpha value is -2.67. The van der Waals surface area contributed by atoms with Gasteiger partial charge in [0.2, 0.25) is 5.91 Å². The van der Waals surface area contributed by atoms with Crippen LogP contribution in [0.1, 0.15) is 10.4 Å². The highest BCUT2D eigenvalue weighted by Crippen LogP contribution is 2.21. The van der Waals surface area contributed by atoms with E-state index >= 15 is 0 Å². The molecule has 0 saturated carbocycles. The number of ether oxygens (including phenoxy) is 1. The first-order valence-corrected chi connectivity index (χ1v) is 7.08. The lowest BCUT2D eigenvalue weighted by Gasteiger charge is -2.08. The maximum absolute atomic E-state index is 12.1. The van der Waals surface area contributed by atoms with Crippen molar-refractivity contribution in [2.45, 2.75) is 0 Å². The summed E-state index contributed by atoms with van der Waals surface area (Å²) in [6, 6.07) is 8.33. The van der Waals surface area contributed by atoms with Crippen LogP contribution in [-0.4, -0.2) is 43.0 Å². The first-order chi connectivity index (χ1) is 11.0. The lowest BCUT2D eigenvalue weighted by molar-refractivity contribution is -0.127. The number of nitrogens with one attached hydrogen (secondary N) is 2. The van der Waals surface area contributed by atoms with Gasteiger partial charge in [0, 0.05) is 12.4 Å². The number of benzene rings is 1. The van der Waals surface area contributed by atoms with Gasteiger partial charge in [-0.15, -0.1) is 0 Å². The molecule has 1 heterocycles. The Kier molecular flexibility index (Phi) is 5.48. The van der Waals surface area contributed by atoms with E-state index in [2.05, 4.69) is 15.6 Å². The van der Waals surface area contributed by atoms with Crippen LogP contribution in [0.3, 0.4) is 0 Å². The molecule has 0 radical (unpaired) electrons. The van der Waals surface area contributed by atoms with E-state index in [1.807, 2.05) is 0 Å². The number of likely N-dealkylation sites (N-methyl/N-ethyl adjacent to an activating group) is 1. The summed E-state index contributed by atoms with van der Waals surface area (Å²) < 4.78 is 4.95. The van der Waals surface area contributed by atoms with Crippen LogP contribution < -0.4 is 10.6 Å². The van der Waals surface area contributed by atoms with Gasteiger partial charge in [-0.3, -0.25) is 9.59 Å². The molecule has 23 heavy (non-hydrogen) atoms. The van der Waals surface area contributed by atoms with E-state index in [0.717, 1.165) is 0 Å². The molecule has 0 bridgehead atoms. The van der Waals surface area contributed by atoms with Crippen LogP contribution in [0.5, 0.6) is 0 Å². The Bertz CT molecular complexity index is 763. The maximum atomic E-state index is 12.1. The number of pyridine rings is 1. The molecule has 1 aromatic carbocycles. The first kappa shape index (κ1) is 16.7. The van der Waals surface area contributed by atoms with Crippen molar-refractivity contribution in [1.29, 1.82) is 0 Å². The second kappa shape index (κ2) is 7.55. The van der Waals surface area contributed by atoms with Crippen LogP contribution in [0.25, 0.3) is 10.9 Å². The van der Waals surface area contributed by atoms with Gasteiger partial charge in [0.1, 0.15) is 5.15 Å². The largest absolute Gasteiger partial charge is 0.452 e. The lowest BCUT2D eigenvalue weighted by atomic mass is 10.1. The van der Waals surface area contributed by atoms with Crippen molar-refractivity contribution in [2.75, 3.05) is 20.2 Å². The number of esters is 1. The van der Waals surface area contributed by atoms with Gasteiger partial charge in [0.05, 0.1) is 17.6 Å². The number of hydrogen-bond donors (Lipinski definition) is 2. The number of aromatic nitrogens is 1. The molecule has 0 saturated heterocycles. The fraction of sp³-hybridized carbons (Fsp3) is 0.200. The van der Waals surface area contributed by atoms with Gasteiger partial charge < -0.3 is 15.4 Å². The van der Waals surface area contributed by atoms with Crippen LogP contribution in [0.2, 0.25) is 5.15 Å². The average molecular weight is 336 g/mol. The lowest BCUT2D eigenvalue weighted by Crippen LogP contribution is -2.37. The summed E-state index contributed by atoms with van der Waals surface area (Å²) in [5, 5.41) is 5.41. The topological polar surface area (TPSA) is 97.4 Å². The minimum Gasteiger partial charge on any atom is -0.452 e. The van der Waals surface area contributed by atoms with E-state index in [1.165, 1.54) is 13.1 Å². The van der Waals surface area contributed by atoms with E-state index < -0.39 is 18.5 Å². The summed E-state index contributed by atoms with van der Waals surface area (Å²) in [5.74, 6) is -1.62. The third-order valence-electron chi connectivity index (χ3n) is 2.96. The molecular weight excluding hydrogens is 322 g/mol. The fourth-order valence-electron chi connectivity index (χ4n) is 1.84. The molecule has 8 heteroatoms. The zero-order valence-corrected chi connectivity index (χ0v) is 13.0. The average Bonchev–Trinajstić information content (AvgIpc) is 2.56. The monoisotopic (exact) mass is 335 g/mol. The number of rotatable bonds is 5. The summed E-state index contributed by atoms with van der Waals surface area (Å²) in [6.07, 6.45) is 0. The summed E-state index contributed by atoms with van der Waals surface area (Å²) in [6.45, 7) is -0.680. The molecule has 1 aromatic heterocycles. The molecule has 0 spiro atoms. The standard InChI is InChI=1S/C15H14ClN3O4/c1-17-13(20)7-18-14(21)8-23-15(22)10-6-12(16)19-11-5-3-2-4-9(10)11/h2-6H,7-8H2,1H3,(H,17,20)(H,18,21). The van der Waals surface area contributed by atoms with Crippen LogP contribution in [0.15, 0.2) is 30.3 Å². The van der Waals surface area contributed by atoms with Crippen molar-refractivity contribution in [1.82, 2.24) is 15.6 Å². The van der Waals surface area contributed by atoms with Crippen LogP contribution in [0.4, 0.5) is 0 Å². The number of carbonyl (C=O) groups is 3. The molecule has 2 aromatic rings.